The Morgan fingerprint density at radius 1 is 1.38 bits per heavy atom. The third-order valence-corrected chi connectivity index (χ3v) is 5.51. The highest BCUT2D eigenvalue weighted by atomic mass is 16.3. The fourth-order valence-corrected chi connectivity index (χ4v) is 3.02. The van der Waals surface area contributed by atoms with E-state index in [-0.39, 0.29) is 29.8 Å². The van der Waals surface area contributed by atoms with Crippen LogP contribution in [0.5, 0.6) is 0 Å². The van der Waals surface area contributed by atoms with Gasteiger partial charge in [-0.15, -0.1) is 0 Å². The second-order valence-electron chi connectivity index (χ2n) is 8.25. The van der Waals surface area contributed by atoms with Crippen LogP contribution in [-0.2, 0) is 0 Å². The molecule has 1 aliphatic rings. The van der Waals surface area contributed by atoms with Crippen molar-refractivity contribution in [1.29, 1.82) is 0 Å². The molecule has 0 spiro atoms. The number of aryl methyl sites for hydroxylation is 1. The zero-order valence-electron chi connectivity index (χ0n) is 17.1. The van der Waals surface area contributed by atoms with Gasteiger partial charge in [0, 0.05) is 62.5 Å². The van der Waals surface area contributed by atoms with Crippen molar-refractivity contribution in [3.63, 3.8) is 0 Å². The number of anilines is 1. The summed E-state index contributed by atoms with van der Waals surface area (Å²) < 4.78 is 0. The first kappa shape index (κ1) is 20.6. The van der Waals surface area contributed by atoms with Crippen LogP contribution in [0.1, 0.15) is 49.1 Å². The Kier molecular flexibility index (Phi) is 6.24. The molecule has 2 heterocycles. The Hall–Kier alpha value is -1.73. The van der Waals surface area contributed by atoms with E-state index in [1.165, 1.54) is 4.90 Å². The zero-order chi connectivity index (χ0) is 19.6. The summed E-state index contributed by atoms with van der Waals surface area (Å²) in [6.07, 6.45) is 1.01. The molecule has 1 fully saturated rings. The number of aliphatic hydroxyl groups is 1. The summed E-state index contributed by atoms with van der Waals surface area (Å²) >= 11 is 0. The molecular weight excluding hydrogens is 330 g/mol. The molecule has 0 bridgehead atoms. The van der Waals surface area contributed by atoms with E-state index in [0.29, 0.717) is 6.04 Å². The maximum atomic E-state index is 12.3. The first-order valence-corrected chi connectivity index (χ1v) is 9.25. The SMILES string of the molecule is Cc1nc(C(=O)N(C)C)nc(N2CC[C@@H](NC(C)C(C)(C)CO)C2)c1C. The Bertz CT molecular complexity index is 660. The molecule has 2 atom stereocenters. The lowest BCUT2D eigenvalue weighted by atomic mass is 9.86. The fraction of sp³-hybridized carbons (Fsp3) is 0.737. The highest BCUT2D eigenvalue weighted by Gasteiger charge is 2.31. The Morgan fingerprint density at radius 2 is 2.04 bits per heavy atom. The van der Waals surface area contributed by atoms with E-state index in [1.807, 2.05) is 13.8 Å². The number of carbonyl (C=O) groups excluding carboxylic acids is 1. The van der Waals surface area contributed by atoms with Crippen LogP contribution >= 0.6 is 0 Å². The normalized spacial score (nSPS) is 18.9. The van der Waals surface area contributed by atoms with Gasteiger partial charge in [0.25, 0.3) is 5.91 Å². The molecule has 1 unspecified atom stereocenters. The number of hydrogen-bond donors (Lipinski definition) is 2. The summed E-state index contributed by atoms with van der Waals surface area (Å²) in [7, 11) is 3.42. The van der Waals surface area contributed by atoms with Crippen LogP contribution in [0.4, 0.5) is 5.82 Å². The summed E-state index contributed by atoms with van der Waals surface area (Å²) in [5, 5.41) is 13.2. The van der Waals surface area contributed by atoms with Crippen molar-refractivity contribution in [2.24, 2.45) is 5.41 Å². The third-order valence-electron chi connectivity index (χ3n) is 5.51. The first-order valence-electron chi connectivity index (χ1n) is 9.25. The Balaban J connectivity index is 2.16. The quantitative estimate of drug-likeness (QED) is 0.794. The smallest absolute Gasteiger partial charge is 0.291 e. The molecule has 0 aromatic carbocycles. The number of aromatic nitrogens is 2. The molecule has 146 valence electrons. The van der Waals surface area contributed by atoms with Gasteiger partial charge in [0.1, 0.15) is 5.82 Å². The van der Waals surface area contributed by atoms with E-state index in [9.17, 15) is 9.90 Å². The standard InChI is InChI=1S/C19H33N5O2/c1-12-13(2)20-16(18(26)23(6)7)22-17(12)24-9-8-15(10-24)21-14(3)19(4,5)11-25/h14-15,21,25H,8-11H2,1-7H3/t14?,15-/m1/s1. The second kappa shape index (κ2) is 7.88. The molecule has 1 aromatic rings. The van der Waals surface area contributed by atoms with Gasteiger partial charge in [0.2, 0.25) is 5.82 Å². The molecule has 1 aromatic heterocycles. The van der Waals surface area contributed by atoms with E-state index in [2.05, 4.69) is 41.0 Å². The maximum absolute atomic E-state index is 12.3. The summed E-state index contributed by atoms with van der Waals surface area (Å²) in [6, 6.07) is 0.537. The van der Waals surface area contributed by atoms with Crippen LogP contribution in [0, 0.1) is 19.3 Å². The first-order chi connectivity index (χ1) is 12.1. The topological polar surface area (TPSA) is 81.6 Å². The van der Waals surface area contributed by atoms with Crippen LogP contribution in [-0.4, -0.2) is 71.8 Å². The summed E-state index contributed by atoms with van der Waals surface area (Å²) in [5.74, 6) is 0.918. The lowest BCUT2D eigenvalue weighted by Gasteiger charge is -2.33. The van der Waals surface area contributed by atoms with Crippen molar-refractivity contribution in [1.82, 2.24) is 20.2 Å². The number of nitrogens with zero attached hydrogens (tertiary/aromatic N) is 4. The maximum Gasteiger partial charge on any atom is 0.291 e. The van der Waals surface area contributed by atoms with E-state index in [1.54, 1.807) is 14.1 Å². The molecule has 0 radical (unpaired) electrons. The van der Waals surface area contributed by atoms with E-state index in [4.69, 9.17) is 0 Å². The fourth-order valence-electron chi connectivity index (χ4n) is 3.02. The van der Waals surface area contributed by atoms with Crippen molar-refractivity contribution in [3.05, 3.63) is 17.1 Å². The lowest BCUT2D eigenvalue weighted by Crippen LogP contribution is -2.47. The van der Waals surface area contributed by atoms with Gasteiger partial charge in [-0.1, -0.05) is 13.8 Å². The number of amides is 1. The van der Waals surface area contributed by atoms with Gasteiger partial charge in [0.15, 0.2) is 0 Å². The summed E-state index contributed by atoms with van der Waals surface area (Å²) in [6.45, 7) is 12.0. The Labute approximate surface area is 156 Å². The number of carbonyl (C=O) groups is 1. The number of nitrogens with one attached hydrogen (secondary N) is 1. The molecule has 7 heteroatoms. The highest BCUT2D eigenvalue weighted by Crippen LogP contribution is 2.26. The molecule has 2 N–H and O–H groups in total. The van der Waals surface area contributed by atoms with E-state index in [0.717, 1.165) is 36.6 Å². The monoisotopic (exact) mass is 363 g/mol. The largest absolute Gasteiger partial charge is 0.396 e. The van der Waals surface area contributed by atoms with Crippen LogP contribution in [0.2, 0.25) is 0 Å². The predicted octanol–water partition coefficient (Wildman–Crippen LogP) is 1.37. The molecule has 1 amide bonds. The van der Waals surface area contributed by atoms with Crippen LogP contribution in [0.25, 0.3) is 0 Å². The summed E-state index contributed by atoms with van der Waals surface area (Å²) in [4.78, 5) is 24.9. The molecular formula is C19H33N5O2. The van der Waals surface area contributed by atoms with E-state index >= 15 is 0 Å². The van der Waals surface area contributed by atoms with Gasteiger partial charge in [-0.2, -0.15) is 0 Å². The van der Waals surface area contributed by atoms with Crippen molar-refractivity contribution in [2.45, 2.75) is 53.1 Å². The average molecular weight is 364 g/mol. The predicted molar refractivity (Wildman–Crippen MR) is 104 cm³/mol. The van der Waals surface area contributed by atoms with Gasteiger partial charge in [-0.05, 0) is 27.2 Å². The van der Waals surface area contributed by atoms with Gasteiger partial charge < -0.3 is 20.2 Å². The Morgan fingerprint density at radius 3 is 2.62 bits per heavy atom. The van der Waals surface area contributed by atoms with Crippen molar-refractivity contribution in [2.75, 3.05) is 38.7 Å². The molecule has 7 nitrogen and oxygen atoms in total. The van der Waals surface area contributed by atoms with Gasteiger partial charge in [-0.25, -0.2) is 9.97 Å². The number of aliphatic hydroxyl groups excluding tert-OH is 1. The van der Waals surface area contributed by atoms with E-state index < -0.39 is 0 Å². The molecule has 2 rings (SSSR count). The van der Waals surface area contributed by atoms with Crippen molar-refractivity contribution >= 4 is 11.7 Å². The summed E-state index contributed by atoms with van der Waals surface area (Å²) in [5.41, 5.74) is 1.69. The minimum absolute atomic E-state index is 0.151. The number of rotatable bonds is 6. The van der Waals surface area contributed by atoms with Gasteiger partial charge >= 0.3 is 0 Å². The lowest BCUT2D eigenvalue weighted by molar-refractivity contribution is 0.0815. The van der Waals surface area contributed by atoms with Gasteiger partial charge in [0.05, 0.1) is 0 Å². The van der Waals surface area contributed by atoms with Crippen molar-refractivity contribution in [3.8, 4) is 0 Å². The minimum atomic E-state index is -0.179. The number of hydrogen-bond acceptors (Lipinski definition) is 6. The second-order valence-corrected chi connectivity index (χ2v) is 8.25. The minimum Gasteiger partial charge on any atom is -0.396 e. The molecule has 1 aliphatic heterocycles. The average Bonchev–Trinajstić information content (AvgIpc) is 3.04. The molecule has 26 heavy (non-hydrogen) atoms. The van der Waals surface area contributed by atoms with Crippen molar-refractivity contribution < 1.29 is 9.90 Å². The van der Waals surface area contributed by atoms with Gasteiger partial charge in [-0.3, -0.25) is 4.79 Å². The van der Waals surface area contributed by atoms with Crippen LogP contribution in [0.3, 0.4) is 0 Å². The highest BCUT2D eigenvalue weighted by molar-refractivity contribution is 5.90. The molecule has 1 saturated heterocycles. The molecule has 0 aliphatic carbocycles. The zero-order valence-corrected chi connectivity index (χ0v) is 17.1. The third kappa shape index (κ3) is 4.32. The van der Waals surface area contributed by atoms with Crippen LogP contribution in [0.15, 0.2) is 0 Å². The molecule has 0 saturated carbocycles. The van der Waals surface area contributed by atoms with Crippen LogP contribution < -0.4 is 10.2 Å².